The van der Waals surface area contributed by atoms with Crippen molar-refractivity contribution in [2.45, 2.75) is 10.4 Å². The minimum atomic E-state index is -4.75. The first-order valence-corrected chi connectivity index (χ1v) is 11.3. The topological polar surface area (TPSA) is 97.5 Å². The van der Waals surface area contributed by atoms with E-state index in [-0.39, 0.29) is 32.0 Å². The molecule has 4 aromatic rings. The van der Waals surface area contributed by atoms with Gasteiger partial charge < -0.3 is 0 Å². The molecule has 0 fully saturated rings. The van der Waals surface area contributed by atoms with Crippen molar-refractivity contribution < 1.29 is 26.1 Å². The number of aromatic nitrogens is 4. The van der Waals surface area contributed by atoms with Crippen LogP contribution >= 0.6 is 34.5 Å². The number of hydrogen-bond donors (Lipinski definition) is 1. The van der Waals surface area contributed by atoms with Crippen LogP contribution < -0.4 is 0 Å². The van der Waals surface area contributed by atoms with Crippen LogP contribution in [-0.2, 0) is 16.3 Å². The van der Waals surface area contributed by atoms with E-state index in [1.807, 2.05) is 0 Å². The van der Waals surface area contributed by atoms with E-state index in [4.69, 9.17) is 27.8 Å². The van der Waals surface area contributed by atoms with Crippen molar-refractivity contribution in [3.8, 4) is 23.1 Å². The third kappa shape index (κ3) is 4.43. The summed E-state index contributed by atoms with van der Waals surface area (Å²) in [4.78, 5) is 8.00. The molecule has 0 aliphatic heterocycles. The SMILES string of the molecule is O=S(=O)(O)c1cnc(C#Cc2cnn3c(C(F)(F)F)cc(-c4ccc(Cl)c(Cl)c4)nc23)s1. The van der Waals surface area contributed by atoms with E-state index in [9.17, 15) is 21.6 Å². The molecule has 3 heterocycles. The van der Waals surface area contributed by atoms with Crippen LogP contribution in [0.25, 0.3) is 16.9 Å². The second kappa shape index (κ2) is 8.02. The van der Waals surface area contributed by atoms with Gasteiger partial charge in [-0.2, -0.15) is 26.7 Å². The van der Waals surface area contributed by atoms with Crippen LogP contribution in [0.4, 0.5) is 13.2 Å². The Labute approximate surface area is 192 Å². The molecule has 0 radical (unpaired) electrons. The molecular weight excluding hydrogens is 512 g/mol. The molecule has 0 atom stereocenters. The number of fused-ring (bicyclic) bond motifs is 1. The first kappa shape index (κ1) is 22.5. The lowest BCUT2D eigenvalue weighted by atomic mass is 10.1. The highest BCUT2D eigenvalue weighted by atomic mass is 35.5. The zero-order chi connectivity index (χ0) is 23.3. The van der Waals surface area contributed by atoms with Gasteiger partial charge in [-0.3, -0.25) is 4.55 Å². The maximum Gasteiger partial charge on any atom is 0.433 e. The van der Waals surface area contributed by atoms with Crippen LogP contribution in [0.1, 0.15) is 16.3 Å². The average molecular weight is 519 g/mol. The Balaban J connectivity index is 1.87. The van der Waals surface area contributed by atoms with Crippen molar-refractivity contribution in [3.05, 3.63) is 63.0 Å². The fraction of sp³-hybridized carbons (Fsp3) is 0.0556. The molecule has 0 unspecified atom stereocenters. The summed E-state index contributed by atoms with van der Waals surface area (Å²) >= 11 is 12.5. The van der Waals surface area contributed by atoms with E-state index in [0.717, 1.165) is 18.5 Å². The molecule has 7 nitrogen and oxygen atoms in total. The van der Waals surface area contributed by atoms with E-state index in [1.165, 1.54) is 18.2 Å². The number of alkyl halides is 3. The zero-order valence-electron chi connectivity index (χ0n) is 15.2. The summed E-state index contributed by atoms with van der Waals surface area (Å²) in [6, 6.07) is 5.12. The smallest absolute Gasteiger partial charge is 0.281 e. The number of benzene rings is 1. The van der Waals surface area contributed by atoms with Crippen molar-refractivity contribution in [2.24, 2.45) is 0 Å². The molecule has 164 valence electrons. The van der Waals surface area contributed by atoms with Crippen LogP contribution in [0.15, 0.2) is 40.9 Å². The molecule has 14 heteroatoms. The maximum atomic E-state index is 13.7. The zero-order valence-corrected chi connectivity index (χ0v) is 18.4. The van der Waals surface area contributed by atoms with Crippen molar-refractivity contribution in [1.82, 2.24) is 19.6 Å². The van der Waals surface area contributed by atoms with Gasteiger partial charge in [0.15, 0.2) is 20.6 Å². The molecular formula is C18H7Cl2F3N4O3S2. The van der Waals surface area contributed by atoms with Crippen LogP contribution in [0.5, 0.6) is 0 Å². The van der Waals surface area contributed by atoms with Gasteiger partial charge in [-0.05, 0) is 24.1 Å². The van der Waals surface area contributed by atoms with Gasteiger partial charge in [0.05, 0.1) is 33.7 Å². The first-order chi connectivity index (χ1) is 14.9. The molecule has 0 spiro atoms. The van der Waals surface area contributed by atoms with Gasteiger partial charge in [-0.25, -0.2) is 14.5 Å². The molecule has 3 aromatic heterocycles. The number of nitrogens with zero attached hydrogens (tertiary/aromatic N) is 4. The summed E-state index contributed by atoms with van der Waals surface area (Å²) in [6.45, 7) is 0. The van der Waals surface area contributed by atoms with Crippen LogP contribution in [0.2, 0.25) is 10.0 Å². The third-order valence-electron chi connectivity index (χ3n) is 4.02. The van der Waals surface area contributed by atoms with E-state index in [1.54, 1.807) is 0 Å². The van der Waals surface area contributed by atoms with Gasteiger partial charge in [0.25, 0.3) is 0 Å². The first-order valence-electron chi connectivity index (χ1n) is 8.30. The molecule has 1 aromatic carbocycles. The lowest BCUT2D eigenvalue weighted by molar-refractivity contribution is -0.142. The second-order valence-corrected chi connectivity index (χ2v) is 9.65. The Morgan fingerprint density at radius 2 is 1.84 bits per heavy atom. The monoisotopic (exact) mass is 518 g/mol. The summed E-state index contributed by atoms with van der Waals surface area (Å²) in [5, 5.41) is 4.14. The Morgan fingerprint density at radius 1 is 1.09 bits per heavy atom. The van der Waals surface area contributed by atoms with Crippen molar-refractivity contribution in [2.75, 3.05) is 0 Å². The van der Waals surface area contributed by atoms with Gasteiger partial charge in [0, 0.05) is 5.56 Å². The van der Waals surface area contributed by atoms with Crippen LogP contribution in [0, 0.1) is 11.8 Å². The highest BCUT2D eigenvalue weighted by Crippen LogP contribution is 2.34. The predicted molar refractivity (Wildman–Crippen MR) is 111 cm³/mol. The van der Waals surface area contributed by atoms with Crippen LogP contribution in [-0.4, -0.2) is 32.6 Å². The summed E-state index contributed by atoms with van der Waals surface area (Å²) in [6.07, 6.45) is -2.73. The van der Waals surface area contributed by atoms with E-state index in [2.05, 4.69) is 26.9 Å². The lowest BCUT2D eigenvalue weighted by Gasteiger charge is -2.11. The van der Waals surface area contributed by atoms with Gasteiger partial charge in [0.2, 0.25) is 0 Å². The fourth-order valence-electron chi connectivity index (χ4n) is 2.61. The third-order valence-corrected chi connectivity index (χ3v) is 6.96. The minimum Gasteiger partial charge on any atom is -0.281 e. The maximum absolute atomic E-state index is 13.7. The highest BCUT2D eigenvalue weighted by molar-refractivity contribution is 7.88. The summed E-state index contributed by atoms with van der Waals surface area (Å²) < 4.78 is 72.5. The summed E-state index contributed by atoms with van der Waals surface area (Å²) in [5.74, 6) is 5.12. The molecule has 4 rings (SSSR count). The Hall–Kier alpha value is -2.69. The standard InChI is InChI=1S/C18H7Cl2F3N4O3S2/c19-11-3-1-9(5-12(11)20)13-6-14(18(21,22)23)27-17(26-13)10(7-25-27)2-4-15-24-8-16(31-15)32(28,29)30/h1,3,5-8H,(H,28,29,30). The Kier molecular flexibility index (Phi) is 5.64. The van der Waals surface area contributed by atoms with Crippen molar-refractivity contribution in [3.63, 3.8) is 0 Å². The average Bonchev–Trinajstić information content (AvgIpc) is 3.33. The van der Waals surface area contributed by atoms with E-state index < -0.39 is 26.2 Å². The molecule has 32 heavy (non-hydrogen) atoms. The predicted octanol–water partition coefficient (Wildman–Crippen LogP) is 4.82. The van der Waals surface area contributed by atoms with Gasteiger partial charge in [0.1, 0.15) is 0 Å². The Bertz CT molecular complexity index is 1540. The minimum absolute atomic E-state index is 0.0219. The molecule has 0 aliphatic rings. The molecule has 0 saturated heterocycles. The van der Waals surface area contributed by atoms with E-state index in [0.29, 0.717) is 21.4 Å². The molecule has 0 aliphatic carbocycles. The van der Waals surface area contributed by atoms with Gasteiger partial charge in [-0.1, -0.05) is 46.5 Å². The lowest BCUT2D eigenvalue weighted by Crippen LogP contribution is -2.13. The molecule has 1 N–H and O–H groups in total. The summed E-state index contributed by atoms with van der Waals surface area (Å²) in [5.41, 5.74) is -0.958. The molecule has 0 saturated carbocycles. The van der Waals surface area contributed by atoms with Crippen molar-refractivity contribution >= 4 is 50.3 Å². The number of rotatable bonds is 2. The molecule has 0 bridgehead atoms. The Morgan fingerprint density at radius 3 is 2.47 bits per heavy atom. The van der Waals surface area contributed by atoms with Gasteiger partial charge >= 0.3 is 16.3 Å². The van der Waals surface area contributed by atoms with E-state index >= 15 is 0 Å². The largest absolute Gasteiger partial charge is 0.433 e. The molecule has 0 amide bonds. The van der Waals surface area contributed by atoms with Crippen molar-refractivity contribution in [1.29, 1.82) is 0 Å². The summed E-state index contributed by atoms with van der Waals surface area (Å²) in [7, 11) is -4.44. The quantitative estimate of drug-likeness (QED) is 0.301. The second-order valence-electron chi connectivity index (χ2n) is 6.16. The number of hydrogen-bond acceptors (Lipinski definition) is 6. The number of thiazole rings is 1. The fourth-order valence-corrected chi connectivity index (χ4v) is 4.26. The highest BCUT2D eigenvalue weighted by Gasteiger charge is 2.35. The van der Waals surface area contributed by atoms with Gasteiger partial charge in [-0.15, -0.1) is 0 Å². The number of halogens is 5. The normalized spacial score (nSPS) is 12.1. The van der Waals surface area contributed by atoms with Crippen LogP contribution in [0.3, 0.4) is 0 Å².